The minimum Gasteiger partial charge on any atom is -0.312 e. The Morgan fingerprint density at radius 3 is 2.45 bits per heavy atom. The second-order valence-corrected chi connectivity index (χ2v) is 9.65. The number of hydrogen-bond donors (Lipinski definition) is 1. The number of aromatic nitrogens is 2. The van der Waals surface area contributed by atoms with Crippen LogP contribution in [0.4, 0.5) is 11.4 Å². The number of nitrogens with zero attached hydrogens (tertiary/aromatic N) is 3. The van der Waals surface area contributed by atoms with Crippen molar-refractivity contribution in [1.82, 2.24) is 9.97 Å². The van der Waals surface area contributed by atoms with Crippen LogP contribution in [0.15, 0.2) is 66.1 Å². The lowest BCUT2D eigenvalue weighted by atomic mass is 10.0. The zero-order valence-electron chi connectivity index (χ0n) is 16.9. The van der Waals surface area contributed by atoms with Crippen LogP contribution in [0.3, 0.4) is 0 Å². The molecule has 2 heterocycles. The van der Waals surface area contributed by atoms with Gasteiger partial charge in [-0.3, -0.25) is 9.52 Å². The van der Waals surface area contributed by atoms with Gasteiger partial charge in [0.2, 0.25) is 5.91 Å². The Morgan fingerprint density at radius 1 is 1.00 bits per heavy atom. The van der Waals surface area contributed by atoms with Crippen molar-refractivity contribution >= 4 is 27.3 Å². The van der Waals surface area contributed by atoms with Crippen LogP contribution in [-0.4, -0.2) is 30.8 Å². The van der Waals surface area contributed by atoms with E-state index in [1.54, 1.807) is 48.8 Å². The molecule has 1 N–H and O–H groups in total. The van der Waals surface area contributed by atoms with Crippen LogP contribution in [0.25, 0.3) is 11.1 Å². The van der Waals surface area contributed by atoms with E-state index in [1.807, 2.05) is 11.0 Å². The summed E-state index contributed by atoms with van der Waals surface area (Å²) in [6.45, 7) is 0.684. The summed E-state index contributed by atoms with van der Waals surface area (Å²) in [6, 6.07) is 12.0. The number of amides is 1. The third kappa shape index (κ3) is 4.03. The van der Waals surface area contributed by atoms with Crippen molar-refractivity contribution in [3.05, 3.63) is 66.7 Å². The second-order valence-electron chi connectivity index (χ2n) is 7.97. The topological polar surface area (TPSA) is 92.3 Å². The molecule has 5 rings (SSSR count). The van der Waals surface area contributed by atoms with Crippen molar-refractivity contribution in [2.45, 2.75) is 30.6 Å². The highest BCUT2D eigenvalue weighted by molar-refractivity contribution is 7.92. The fourth-order valence-corrected chi connectivity index (χ4v) is 4.96. The predicted molar refractivity (Wildman–Crippen MR) is 118 cm³/mol. The van der Waals surface area contributed by atoms with E-state index in [-0.39, 0.29) is 16.7 Å². The first-order chi connectivity index (χ1) is 15.0. The molecule has 1 saturated carbocycles. The zero-order chi connectivity index (χ0) is 21.4. The number of rotatable bonds is 5. The van der Waals surface area contributed by atoms with Crippen LogP contribution in [-0.2, 0) is 21.2 Å². The molecular weight excluding hydrogens is 412 g/mol. The molecule has 31 heavy (non-hydrogen) atoms. The van der Waals surface area contributed by atoms with Gasteiger partial charge in [-0.2, -0.15) is 0 Å². The summed E-state index contributed by atoms with van der Waals surface area (Å²) < 4.78 is 28.5. The lowest BCUT2D eigenvalue weighted by molar-refractivity contribution is -0.119. The molecule has 2 aliphatic rings. The number of nitrogens with one attached hydrogen (secondary N) is 1. The van der Waals surface area contributed by atoms with E-state index in [9.17, 15) is 13.2 Å². The number of fused-ring (bicyclic) bond motifs is 1. The highest BCUT2D eigenvalue weighted by atomic mass is 32.2. The monoisotopic (exact) mass is 434 g/mol. The first-order valence-corrected chi connectivity index (χ1v) is 11.8. The minimum absolute atomic E-state index is 0.125. The van der Waals surface area contributed by atoms with E-state index in [0.29, 0.717) is 12.2 Å². The van der Waals surface area contributed by atoms with E-state index in [2.05, 4.69) is 14.7 Å². The third-order valence-corrected chi connectivity index (χ3v) is 7.10. The zero-order valence-corrected chi connectivity index (χ0v) is 17.7. The van der Waals surface area contributed by atoms with Crippen molar-refractivity contribution in [3.8, 4) is 11.1 Å². The highest BCUT2D eigenvalue weighted by Gasteiger charge is 2.35. The van der Waals surface area contributed by atoms with Crippen LogP contribution >= 0.6 is 0 Å². The van der Waals surface area contributed by atoms with Crippen molar-refractivity contribution in [2.24, 2.45) is 5.92 Å². The average Bonchev–Trinajstić information content (AvgIpc) is 3.64. The summed E-state index contributed by atoms with van der Waals surface area (Å²) in [5.74, 6) is 0.279. The number of aryl methyl sites for hydroxylation is 1. The summed E-state index contributed by atoms with van der Waals surface area (Å²) >= 11 is 0. The van der Waals surface area contributed by atoms with Gasteiger partial charge in [-0.15, -0.1) is 0 Å². The molecule has 158 valence electrons. The van der Waals surface area contributed by atoms with Gasteiger partial charge in [-0.25, -0.2) is 18.4 Å². The number of benzene rings is 2. The van der Waals surface area contributed by atoms with Crippen LogP contribution < -0.4 is 9.62 Å². The van der Waals surface area contributed by atoms with Crippen molar-refractivity contribution < 1.29 is 13.2 Å². The number of hydrogen-bond acceptors (Lipinski definition) is 5. The smallest absolute Gasteiger partial charge is 0.261 e. The lowest BCUT2D eigenvalue weighted by Gasteiger charge is -2.30. The Morgan fingerprint density at radius 2 is 1.74 bits per heavy atom. The number of anilines is 2. The molecule has 0 radical (unpaired) electrons. The molecule has 7 nitrogen and oxygen atoms in total. The van der Waals surface area contributed by atoms with Gasteiger partial charge < -0.3 is 4.90 Å². The molecule has 1 aliphatic heterocycles. The predicted octanol–water partition coefficient (Wildman–Crippen LogP) is 3.63. The molecule has 0 saturated heterocycles. The first kappa shape index (κ1) is 19.7. The summed E-state index contributed by atoms with van der Waals surface area (Å²) in [6.07, 6.45) is 8.51. The molecule has 1 amide bonds. The molecule has 1 fully saturated rings. The molecule has 0 spiro atoms. The van der Waals surface area contributed by atoms with Gasteiger partial charge in [0.15, 0.2) is 0 Å². The Balaban J connectivity index is 1.39. The van der Waals surface area contributed by atoms with Gasteiger partial charge in [-0.1, -0.05) is 18.2 Å². The van der Waals surface area contributed by atoms with E-state index in [1.165, 1.54) is 6.33 Å². The summed E-state index contributed by atoms with van der Waals surface area (Å²) in [5, 5.41) is 0. The van der Waals surface area contributed by atoms with Crippen molar-refractivity contribution in [2.75, 3.05) is 16.2 Å². The van der Waals surface area contributed by atoms with Crippen molar-refractivity contribution in [1.29, 1.82) is 0 Å². The molecule has 1 aliphatic carbocycles. The minimum atomic E-state index is -3.77. The van der Waals surface area contributed by atoms with Gasteiger partial charge in [0.1, 0.15) is 6.33 Å². The molecule has 8 heteroatoms. The van der Waals surface area contributed by atoms with Crippen LogP contribution in [0, 0.1) is 5.92 Å². The standard InChI is InChI=1S/C23H22N4O3S/c28-23(18-3-4-18)27-11-1-2-17-5-8-20(12-22(17)27)26-31(29,30)21-9-6-16(7-10-21)19-13-24-15-25-14-19/h5-10,12-15,18,26H,1-4,11H2. The fourth-order valence-electron chi connectivity index (χ4n) is 3.91. The highest BCUT2D eigenvalue weighted by Crippen LogP contribution is 2.37. The van der Waals surface area contributed by atoms with Gasteiger partial charge in [0.25, 0.3) is 10.0 Å². The number of carbonyl (C=O) groups is 1. The van der Waals surface area contributed by atoms with Gasteiger partial charge in [0.05, 0.1) is 10.6 Å². The van der Waals surface area contributed by atoms with Crippen molar-refractivity contribution in [3.63, 3.8) is 0 Å². The Hall–Kier alpha value is -3.26. The maximum Gasteiger partial charge on any atom is 0.261 e. The maximum atomic E-state index is 12.9. The molecule has 0 atom stereocenters. The van der Waals surface area contributed by atoms with E-state index in [4.69, 9.17) is 0 Å². The Kier molecular flexibility index (Phi) is 4.94. The molecule has 1 aromatic heterocycles. The maximum absolute atomic E-state index is 12.9. The first-order valence-electron chi connectivity index (χ1n) is 10.3. The van der Waals surface area contributed by atoms with Gasteiger partial charge in [0, 0.05) is 36.1 Å². The number of sulfonamides is 1. The summed E-state index contributed by atoms with van der Waals surface area (Å²) in [4.78, 5) is 22.6. The van der Waals surface area contributed by atoms with E-state index < -0.39 is 10.0 Å². The second kappa shape index (κ2) is 7.77. The third-order valence-electron chi connectivity index (χ3n) is 5.71. The van der Waals surface area contributed by atoms with E-state index >= 15 is 0 Å². The van der Waals surface area contributed by atoms with Crippen LogP contribution in [0.1, 0.15) is 24.8 Å². The molecule has 2 aromatic carbocycles. The molecule has 0 bridgehead atoms. The summed E-state index contributed by atoms with van der Waals surface area (Å²) in [5.41, 5.74) is 4.01. The quantitative estimate of drug-likeness (QED) is 0.662. The molecular formula is C23H22N4O3S. The largest absolute Gasteiger partial charge is 0.312 e. The average molecular weight is 435 g/mol. The van der Waals surface area contributed by atoms with Gasteiger partial charge >= 0.3 is 0 Å². The normalized spacial score (nSPS) is 15.9. The van der Waals surface area contributed by atoms with Crippen LogP contribution in [0.2, 0.25) is 0 Å². The SMILES string of the molecule is O=C(C1CC1)N1CCCc2ccc(NS(=O)(=O)c3ccc(-c4cncnc4)cc3)cc21. The van der Waals surface area contributed by atoms with Crippen LogP contribution in [0.5, 0.6) is 0 Å². The lowest BCUT2D eigenvalue weighted by Crippen LogP contribution is -2.36. The van der Waals surface area contributed by atoms with E-state index in [0.717, 1.165) is 48.1 Å². The summed E-state index contributed by atoms with van der Waals surface area (Å²) in [7, 11) is -3.77. The molecule has 0 unspecified atom stereocenters. The Labute approximate surface area is 181 Å². The van der Waals surface area contributed by atoms with Gasteiger partial charge in [-0.05, 0) is 61.1 Å². The number of carbonyl (C=O) groups excluding carboxylic acids is 1. The Bertz CT molecular complexity index is 1220. The molecule has 3 aromatic rings. The fraction of sp³-hybridized carbons (Fsp3) is 0.261.